The van der Waals surface area contributed by atoms with Gasteiger partial charge in [-0.15, -0.1) is 0 Å². The van der Waals surface area contributed by atoms with E-state index in [2.05, 4.69) is 120 Å². The third-order valence-corrected chi connectivity index (χ3v) is 11.8. The third-order valence-electron chi connectivity index (χ3n) is 11.8. The second kappa shape index (κ2) is 16.7. The minimum Gasteiger partial charge on any atom is -0.399 e. The van der Waals surface area contributed by atoms with Crippen molar-refractivity contribution in [1.29, 1.82) is 0 Å². The van der Waals surface area contributed by atoms with Crippen molar-refractivity contribution in [3.63, 3.8) is 0 Å². The van der Waals surface area contributed by atoms with Crippen molar-refractivity contribution >= 4 is 11.4 Å². The van der Waals surface area contributed by atoms with Crippen LogP contribution < -0.4 is 11.5 Å². The molecule has 1 saturated carbocycles. The lowest BCUT2D eigenvalue weighted by Gasteiger charge is -2.41. The van der Waals surface area contributed by atoms with E-state index in [0.717, 1.165) is 17.3 Å². The standard InChI is InChI=1S/C46H62N2/c1-6-9-11-13-44(42-25-23-40(47)31-33(42)4)36-15-19-38(20-16-36)46(29-27-35(8-3)28-30-46)39-21-17-37(18-22-39)45(14-12-10-7-2)43-26-24-41(48)32-34(43)5/h15-26,31-32,35,44-45H,6-14,27-30,47-48H2,1-5H3. The second-order valence-corrected chi connectivity index (χ2v) is 15.0. The molecule has 2 unspecified atom stereocenters. The van der Waals surface area contributed by atoms with Gasteiger partial charge in [0.05, 0.1) is 0 Å². The maximum Gasteiger partial charge on any atom is 0.0316 e. The zero-order valence-electron chi connectivity index (χ0n) is 30.7. The Kier molecular flexibility index (Phi) is 12.5. The predicted molar refractivity (Wildman–Crippen MR) is 209 cm³/mol. The maximum absolute atomic E-state index is 6.17. The SMILES string of the molecule is CCCCCC(c1ccc(C2(c3ccc(C(CCCCC)c4ccc(N)cc4C)cc3)CCC(CC)CC2)cc1)c1ccc(N)cc1C. The predicted octanol–water partition coefficient (Wildman–Crippen LogP) is 12.8. The van der Waals surface area contributed by atoms with Gasteiger partial charge in [0, 0.05) is 28.6 Å². The van der Waals surface area contributed by atoms with E-state index in [1.54, 1.807) is 0 Å². The minimum absolute atomic E-state index is 0.0619. The molecule has 4 aromatic carbocycles. The molecule has 2 nitrogen and oxygen atoms in total. The zero-order chi connectivity index (χ0) is 34.1. The number of unbranched alkanes of at least 4 members (excludes halogenated alkanes) is 4. The molecule has 0 aromatic heterocycles. The van der Waals surface area contributed by atoms with Crippen LogP contribution in [0.15, 0.2) is 84.9 Å². The van der Waals surface area contributed by atoms with Crippen LogP contribution in [0.5, 0.6) is 0 Å². The van der Waals surface area contributed by atoms with Crippen molar-refractivity contribution in [2.45, 2.75) is 135 Å². The van der Waals surface area contributed by atoms with E-state index in [-0.39, 0.29) is 5.41 Å². The molecule has 1 fully saturated rings. The van der Waals surface area contributed by atoms with Crippen LogP contribution in [-0.4, -0.2) is 0 Å². The van der Waals surface area contributed by atoms with Crippen molar-refractivity contribution in [3.05, 3.63) is 129 Å². The second-order valence-electron chi connectivity index (χ2n) is 15.0. The summed E-state index contributed by atoms with van der Waals surface area (Å²) < 4.78 is 0. The number of anilines is 2. The lowest BCUT2D eigenvalue weighted by atomic mass is 9.62. The van der Waals surface area contributed by atoms with Crippen molar-refractivity contribution in [3.8, 4) is 0 Å². The number of rotatable bonds is 15. The van der Waals surface area contributed by atoms with Gasteiger partial charge in [-0.1, -0.05) is 126 Å². The average molecular weight is 643 g/mol. The summed E-state index contributed by atoms with van der Waals surface area (Å²) >= 11 is 0. The Hall–Kier alpha value is -3.52. The zero-order valence-corrected chi connectivity index (χ0v) is 30.7. The first kappa shape index (κ1) is 35.8. The minimum atomic E-state index is 0.0619. The fourth-order valence-corrected chi connectivity index (χ4v) is 8.77. The number of aryl methyl sites for hydroxylation is 2. The molecule has 0 amide bonds. The molecule has 2 heteroatoms. The van der Waals surface area contributed by atoms with Gasteiger partial charge < -0.3 is 11.5 Å². The number of hydrogen-bond donors (Lipinski definition) is 2. The Balaban J connectivity index is 1.49. The molecule has 0 heterocycles. The van der Waals surface area contributed by atoms with Crippen LogP contribution in [0.2, 0.25) is 0 Å². The maximum atomic E-state index is 6.17. The Morgan fingerprint density at radius 3 is 1.35 bits per heavy atom. The number of benzene rings is 4. The first-order chi connectivity index (χ1) is 23.3. The fraction of sp³-hybridized carbons (Fsp3) is 0.478. The molecular weight excluding hydrogens is 581 g/mol. The van der Waals surface area contributed by atoms with Gasteiger partial charge in [-0.2, -0.15) is 0 Å². The smallest absolute Gasteiger partial charge is 0.0316 e. The lowest BCUT2D eigenvalue weighted by molar-refractivity contribution is 0.260. The molecule has 48 heavy (non-hydrogen) atoms. The highest BCUT2D eigenvalue weighted by atomic mass is 14.5. The van der Waals surface area contributed by atoms with Gasteiger partial charge in [-0.25, -0.2) is 0 Å². The Bertz CT molecular complexity index is 1460. The van der Waals surface area contributed by atoms with Crippen LogP contribution in [0.4, 0.5) is 11.4 Å². The van der Waals surface area contributed by atoms with E-state index in [9.17, 15) is 0 Å². The van der Waals surface area contributed by atoms with E-state index >= 15 is 0 Å². The molecule has 2 atom stereocenters. The molecule has 0 saturated heterocycles. The molecule has 0 bridgehead atoms. The Labute approximate surface area is 292 Å². The van der Waals surface area contributed by atoms with Crippen LogP contribution in [0.25, 0.3) is 0 Å². The summed E-state index contributed by atoms with van der Waals surface area (Å²) in [6, 6.07) is 32.8. The highest BCUT2D eigenvalue weighted by Crippen LogP contribution is 2.48. The fourth-order valence-electron chi connectivity index (χ4n) is 8.77. The van der Waals surface area contributed by atoms with Gasteiger partial charge in [0.2, 0.25) is 0 Å². The molecular formula is C46H62N2. The molecule has 4 aromatic rings. The highest BCUT2D eigenvalue weighted by molar-refractivity contribution is 5.51. The molecule has 256 valence electrons. The molecule has 1 aliphatic rings. The van der Waals surface area contributed by atoms with Gasteiger partial charge in [0.25, 0.3) is 0 Å². The molecule has 1 aliphatic carbocycles. The highest BCUT2D eigenvalue weighted by Gasteiger charge is 2.38. The summed E-state index contributed by atoms with van der Waals surface area (Å²) in [6.45, 7) is 11.4. The number of nitrogens with two attached hydrogens (primary N) is 2. The Morgan fingerprint density at radius 2 is 1.00 bits per heavy atom. The summed E-state index contributed by atoms with van der Waals surface area (Å²) in [5.74, 6) is 1.64. The number of hydrogen-bond acceptors (Lipinski definition) is 2. The van der Waals surface area contributed by atoms with E-state index < -0.39 is 0 Å². The topological polar surface area (TPSA) is 52.0 Å². The van der Waals surface area contributed by atoms with E-state index in [1.165, 1.54) is 128 Å². The first-order valence-electron chi connectivity index (χ1n) is 19.2. The van der Waals surface area contributed by atoms with Crippen LogP contribution in [0, 0.1) is 19.8 Å². The van der Waals surface area contributed by atoms with Crippen molar-refractivity contribution < 1.29 is 0 Å². The first-order valence-corrected chi connectivity index (χ1v) is 19.2. The van der Waals surface area contributed by atoms with Crippen LogP contribution in [0.1, 0.15) is 161 Å². The van der Waals surface area contributed by atoms with Gasteiger partial charge in [0.15, 0.2) is 0 Å². The monoisotopic (exact) mass is 642 g/mol. The molecule has 0 radical (unpaired) electrons. The molecule has 0 spiro atoms. The summed E-state index contributed by atoms with van der Waals surface area (Å²) in [7, 11) is 0. The van der Waals surface area contributed by atoms with Gasteiger partial charge in [-0.05, 0) is 127 Å². The third kappa shape index (κ3) is 8.19. The normalized spacial score (nSPS) is 19.2. The molecule has 0 aliphatic heterocycles. The average Bonchev–Trinajstić information content (AvgIpc) is 3.10. The number of nitrogen functional groups attached to an aromatic ring is 2. The van der Waals surface area contributed by atoms with E-state index in [0.29, 0.717) is 11.8 Å². The lowest BCUT2D eigenvalue weighted by Crippen LogP contribution is -2.33. The quantitative estimate of drug-likeness (QED) is 0.100. The molecule has 4 N–H and O–H groups in total. The van der Waals surface area contributed by atoms with Gasteiger partial charge in [0.1, 0.15) is 0 Å². The Morgan fingerprint density at radius 1 is 0.583 bits per heavy atom. The van der Waals surface area contributed by atoms with Crippen molar-refractivity contribution in [1.82, 2.24) is 0 Å². The van der Waals surface area contributed by atoms with E-state index in [1.807, 2.05) is 0 Å². The van der Waals surface area contributed by atoms with Gasteiger partial charge in [-0.3, -0.25) is 0 Å². The van der Waals surface area contributed by atoms with Crippen LogP contribution in [-0.2, 0) is 5.41 Å². The molecule has 5 rings (SSSR count). The summed E-state index contributed by atoms with van der Waals surface area (Å²) in [5.41, 5.74) is 25.4. The summed E-state index contributed by atoms with van der Waals surface area (Å²) in [5, 5.41) is 0. The van der Waals surface area contributed by atoms with Gasteiger partial charge >= 0.3 is 0 Å². The largest absolute Gasteiger partial charge is 0.399 e. The summed E-state index contributed by atoms with van der Waals surface area (Å²) in [6.07, 6.45) is 16.2. The van der Waals surface area contributed by atoms with E-state index in [4.69, 9.17) is 11.5 Å². The van der Waals surface area contributed by atoms with Crippen LogP contribution in [0.3, 0.4) is 0 Å². The van der Waals surface area contributed by atoms with Crippen molar-refractivity contribution in [2.75, 3.05) is 11.5 Å². The van der Waals surface area contributed by atoms with Crippen molar-refractivity contribution in [2.24, 2.45) is 5.92 Å². The summed E-state index contributed by atoms with van der Waals surface area (Å²) in [4.78, 5) is 0. The van der Waals surface area contributed by atoms with Crippen LogP contribution >= 0.6 is 0 Å².